The Balaban J connectivity index is 1.71. The molecule has 126 valence electrons. The molecule has 0 saturated carbocycles. The zero-order valence-corrected chi connectivity index (χ0v) is 14.3. The highest BCUT2D eigenvalue weighted by molar-refractivity contribution is 7.12. The van der Waals surface area contributed by atoms with Crippen molar-refractivity contribution in [3.8, 4) is 0 Å². The number of carbonyl (C=O) groups is 2. The largest absolute Gasteiger partial charge is 0.391 e. The first-order valence-corrected chi connectivity index (χ1v) is 8.85. The van der Waals surface area contributed by atoms with Gasteiger partial charge in [0.15, 0.2) is 0 Å². The number of anilines is 1. The van der Waals surface area contributed by atoms with E-state index in [9.17, 15) is 14.7 Å². The number of β-amino-alcohol motifs (C(OH)–C–C–N with tert-alkyl or cyclic N) is 1. The number of benzene rings is 1. The summed E-state index contributed by atoms with van der Waals surface area (Å²) in [6.07, 6.45) is 0.311. The third-order valence-electron chi connectivity index (χ3n) is 4.32. The Bertz CT molecular complexity index is 730. The molecule has 1 saturated heterocycles. The fraction of sp³-hybridized carbons (Fsp3) is 0.333. The number of aliphatic hydroxyl groups excluding tert-OH is 1. The molecule has 1 fully saturated rings. The van der Waals surface area contributed by atoms with E-state index < -0.39 is 6.10 Å². The zero-order valence-electron chi connectivity index (χ0n) is 13.4. The second kappa shape index (κ2) is 7.15. The second-order valence-electron chi connectivity index (χ2n) is 6.10. The van der Waals surface area contributed by atoms with E-state index in [-0.39, 0.29) is 17.7 Å². The van der Waals surface area contributed by atoms with Crippen LogP contribution in [0.25, 0.3) is 0 Å². The highest BCUT2D eigenvalue weighted by atomic mass is 32.1. The number of thiophene rings is 1. The van der Waals surface area contributed by atoms with Gasteiger partial charge in [-0.25, -0.2) is 0 Å². The van der Waals surface area contributed by atoms with E-state index in [0.29, 0.717) is 29.2 Å². The molecule has 2 N–H and O–H groups in total. The summed E-state index contributed by atoms with van der Waals surface area (Å²) in [5, 5.41) is 14.6. The number of amides is 2. The van der Waals surface area contributed by atoms with Crippen LogP contribution in [0.2, 0.25) is 0 Å². The fourth-order valence-electron chi connectivity index (χ4n) is 2.75. The first-order chi connectivity index (χ1) is 11.5. The molecule has 2 amide bonds. The van der Waals surface area contributed by atoms with Crippen LogP contribution in [0.15, 0.2) is 41.8 Å². The number of hydrogen-bond acceptors (Lipinski definition) is 4. The predicted octanol–water partition coefficient (Wildman–Crippen LogP) is 2.84. The molecule has 6 heteroatoms. The molecule has 2 heterocycles. The van der Waals surface area contributed by atoms with Gasteiger partial charge in [-0.1, -0.05) is 19.1 Å². The van der Waals surface area contributed by atoms with Crippen molar-refractivity contribution in [2.45, 2.75) is 19.4 Å². The number of aliphatic hydroxyl groups is 1. The van der Waals surface area contributed by atoms with Gasteiger partial charge in [-0.3, -0.25) is 9.59 Å². The smallest absolute Gasteiger partial charge is 0.265 e. The minimum Gasteiger partial charge on any atom is -0.391 e. The minimum absolute atomic E-state index is 0.117. The molecular weight excluding hydrogens is 324 g/mol. The lowest BCUT2D eigenvalue weighted by molar-refractivity contribution is 0.0248. The monoisotopic (exact) mass is 344 g/mol. The van der Waals surface area contributed by atoms with Crippen molar-refractivity contribution >= 4 is 28.8 Å². The lowest BCUT2D eigenvalue weighted by Crippen LogP contribution is -2.45. The predicted molar refractivity (Wildman–Crippen MR) is 94.4 cm³/mol. The van der Waals surface area contributed by atoms with Crippen LogP contribution in [0, 0.1) is 5.92 Å². The molecule has 2 aromatic rings. The molecule has 2 unspecified atom stereocenters. The standard InChI is InChI=1S/C18H20N2O3S/c1-12-7-8-20(11-15(12)21)18(23)13-4-2-5-14(10-13)19-17(22)16-6-3-9-24-16/h2-6,9-10,12,15,21H,7-8,11H2,1H3,(H,19,22). The van der Waals surface area contributed by atoms with Crippen LogP contribution < -0.4 is 5.32 Å². The summed E-state index contributed by atoms with van der Waals surface area (Å²) in [6, 6.07) is 10.5. The Morgan fingerprint density at radius 2 is 2.12 bits per heavy atom. The normalized spacial score (nSPS) is 20.7. The molecule has 1 aliphatic heterocycles. The molecule has 0 aliphatic carbocycles. The Morgan fingerprint density at radius 3 is 2.83 bits per heavy atom. The third kappa shape index (κ3) is 3.66. The first kappa shape index (κ1) is 16.7. The number of rotatable bonds is 3. The molecule has 3 rings (SSSR count). The topological polar surface area (TPSA) is 69.6 Å². The van der Waals surface area contributed by atoms with E-state index in [1.807, 2.05) is 18.4 Å². The lowest BCUT2D eigenvalue weighted by Gasteiger charge is -2.34. The highest BCUT2D eigenvalue weighted by Gasteiger charge is 2.27. The van der Waals surface area contributed by atoms with Gasteiger partial charge in [-0.2, -0.15) is 0 Å². The molecule has 0 spiro atoms. The Morgan fingerprint density at radius 1 is 1.29 bits per heavy atom. The van der Waals surface area contributed by atoms with E-state index in [0.717, 1.165) is 6.42 Å². The van der Waals surface area contributed by atoms with Crippen molar-refractivity contribution in [1.29, 1.82) is 0 Å². The summed E-state index contributed by atoms with van der Waals surface area (Å²) >= 11 is 1.37. The van der Waals surface area contributed by atoms with Gasteiger partial charge < -0.3 is 15.3 Å². The van der Waals surface area contributed by atoms with Gasteiger partial charge in [-0.05, 0) is 42.0 Å². The fourth-order valence-corrected chi connectivity index (χ4v) is 3.37. The van der Waals surface area contributed by atoms with Crippen LogP contribution in [0.4, 0.5) is 5.69 Å². The molecule has 24 heavy (non-hydrogen) atoms. The van der Waals surface area contributed by atoms with Crippen LogP contribution in [-0.2, 0) is 0 Å². The summed E-state index contributed by atoms with van der Waals surface area (Å²) in [6.45, 7) is 2.99. The van der Waals surface area contributed by atoms with Gasteiger partial charge in [0.2, 0.25) is 0 Å². The van der Waals surface area contributed by atoms with Crippen molar-refractivity contribution < 1.29 is 14.7 Å². The molecular formula is C18H20N2O3S. The molecule has 0 radical (unpaired) electrons. The Hall–Kier alpha value is -2.18. The summed E-state index contributed by atoms with van der Waals surface area (Å²) in [5.41, 5.74) is 1.10. The molecule has 1 aromatic heterocycles. The van der Waals surface area contributed by atoms with Crippen molar-refractivity contribution in [2.24, 2.45) is 5.92 Å². The van der Waals surface area contributed by atoms with Crippen molar-refractivity contribution in [3.05, 3.63) is 52.2 Å². The molecule has 1 aromatic carbocycles. The quantitative estimate of drug-likeness (QED) is 0.899. The molecule has 1 aliphatic rings. The maximum atomic E-state index is 12.6. The number of piperidine rings is 1. The van der Waals surface area contributed by atoms with Crippen LogP contribution in [-0.4, -0.2) is 41.0 Å². The van der Waals surface area contributed by atoms with Crippen LogP contribution in [0.1, 0.15) is 33.4 Å². The average molecular weight is 344 g/mol. The second-order valence-corrected chi connectivity index (χ2v) is 7.04. The van der Waals surface area contributed by atoms with E-state index in [1.54, 1.807) is 35.2 Å². The van der Waals surface area contributed by atoms with Crippen molar-refractivity contribution in [3.63, 3.8) is 0 Å². The van der Waals surface area contributed by atoms with Gasteiger partial charge >= 0.3 is 0 Å². The SMILES string of the molecule is CC1CCN(C(=O)c2cccc(NC(=O)c3cccs3)c2)CC1O. The Labute approximate surface area is 144 Å². The molecule has 2 atom stereocenters. The number of likely N-dealkylation sites (tertiary alicyclic amines) is 1. The van der Waals surface area contributed by atoms with Crippen LogP contribution in [0.5, 0.6) is 0 Å². The average Bonchev–Trinajstić information content (AvgIpc) is 3.12. The minimum atomic E-state index is -0.482. The van der Waals surface area contributed by atoms with Gasteiger partial charge in [0.05, 0.1) is 11.0 Å². The number of hydrogen-bond donors (Lipinski definition) is 2. The third-order valence-corrected chi connectivity index (χ3v) is 5.19. The van der Waals surface area contributed by atoms with Crippen molar-refractivity contribution in [1.82, 2.24) is 4.90 Å². The van der Waals surface area contributed by atoms with Gasteiger partial charge in [0.25, 0.3) is 11.8 Å². The summed E-state index contributed by atoms with van der Waals surface area (Å²) in [5.74, 6) is -0.0875. The van der Waals surface area contributed by atoms with E-state index in [2.05, 4.69) is 5.32 Å². The number of nitrogens with one attached hydrogen (secondary N) is 1. The summed E-state index contributed by atoms with van der Waals surface area (Å²) < 4.78 is 0. The first-order valence-electron chi connectivity index (χ1n) is 7.97. The van der Waals surface area contributed by atoms with Crippen LogP contribution >= 0.6 is 11.3 Å². The Kier molecular flexibility index (Phi) is 4.97. The van der Waals surface area contributed by atoms with E-state index in [4.69, 9.17) is 0 Å². The number of nitrogens with zero attached hydrogens (tertiary/aromatic N) is 1. The summed E-state index contributed by atoms with van der Waals surface area (Å²) in [4.78, 5) is 27.0. The summed E-state index contributed by atoms with van der Waals surface area (Å²) in [7, 11) is 0. The van der Waals surface area contributed by atoms with Gasteiger partial charge in [0.1, 0.15) is 0 Å². The molecule has 5 nitrogen and oxygen atoms in total. The van der Waals surface area contributed by atoms with Gasteiger partial charge in [0, 0.05) is 24.3 Å². The van der Waals surface area contributed by atoms with Gasteiger partial charge in [-0.15, -0.1) is 11.3 Å². The number of carbonyl (C=O) groups excluding carboxylic acids is 2. The zero-order chi connectivity index (χ0) is 17.1. The maximum absolute atomic E-state index is 12.6. The van der Waals surface area contributed by atoms with E-state index >= 15 is 0 Å². The van der Waals surface area contributed by atoms with Crippen molar-refractivity contribution in [2.75, 3.05) is 18.4 Å². The molecule has 0 bridgehead atoms. The van der Waals surface area contributed by atoms with Crippen LogP contribution in [0.3, 0.4) is 0 Å². The van der Waals surface area contributed by atoms with E-state index in [1.165, 1.54) is 11.3 Å². The highest BCUT2D eigenvalue weighted by Crippen LogP contribution is 2.21. The lowest BCUT2D eigenvalue weighted by atomic mass is 9.95. The maximum Gasteiger partial charge on any atom is 0.265 e.